The van der Waals surface area contributed by atoms with E-state index in [2.05, 4.69) is 5.32 Å². The molecule has 172 valence electrons. The Hall–Kier alpha value is -2.45. The molecule has 0 aromatic heterocycles. The largest absolute Gasteiger partial charge is 0.480 e. The highest BCUT2D eigenvalue weighted by Gasteiger charge is 2.34. The van der Waals surface area contributed by atoms with Crippen molar-refractivity contribution in [3.8, 4) is 0 Å². The zero-order valence-corrected chi connectivity index (χ0v) is 18.4. The molecule has 1 aromatic rings. The number of ether oxygens (including phenoxy) is 2. The highest BCUT2D eigenvalue weighted by Crippen LogP contribution is 2.14. The minimum absolute atomic E-state index is 0.239. The van der Waals surface area contributed by atoms with Gasteiger partial charge in [0.1, 0.15) is 12.1 Å². The molecule has 0 bridgehead atoms. The van der Waals surface area contributed by atoms with E-state index in [0.29, 0.717) is 39.0 Å². The van der Waals surface area contributed by atoms with Crippen LogP contribution >= 0.6 is 0 Å². The number of aryl methyl sites for hydroxylation is 1. The van der Waals surface area contributed by atoms with E-state index in [0.717, 1.165) is 12.0 Å². The number of benzene rings is 1. The molecule has 8 heteroatoms. The molecular weight excluding hydrogens is 400 g/mol. The second-order valence-corrected chi connectivity index (χ2v) is 7.71. The van der Waals surface area contributed by atoms with E-state index >= 15 is 0 Å². The van der Waals surface area contributed by atoms with Gasteiger partial charge in [0.05, 0.1) is 12.6 Å². The number of carbonyl (C=O) groups excluding carboxylic acids is 2. The van der Waals surface area contributed by atoms with Gasteiger partial charge in [-0.25, -0.2) is 4.79 Å². The van der Waals surface area contributed by atoms with Gasteiger partial charge in [-0.05, 0) is 45.1 Å². The van der Waals surface area contributed by atoms with Gasteiger partial charge in [0.25, 0.3) is 0 Å². The lowest BCUT2D eigenvalue weighted by atomic mass is 10.0. The Morgan fingerprint density at radius 3 is 2.65 bits per heavy atom. The fourth-order valence-corrected chi connectivity index (χ4v) is 3.71. The first kappa shape index (κ1) is 24.8. The molecule has 1 aliphatic rings. The number of aliphatic carboxylic acids is 1. The van der Waals surface area contributed by atoms with E-state index in [1.54, 1.807) is 13.8 Å². The van der Waals surface area contributed by atoms with Gasteiger partial charge < -0.3 is 19.5 Å². The minimum Gasteiger partial charge on any atom is -0.480 e. The Morgan fingerprint density at radius 1 is 1.23 bits per heavy atom. The average Bonchev–Trinajstić information content (AvgIpc) is 2.88. The molecule has 2 unspecified atom stereocenters. The van der Waals surface area contributed by atoms with Crippen LogP contribution < -0.4 is 5.32 Å². The Labute approximate surface area is 183 Å². The molecular formula is C23H34N2O6. The van der Waals surface area contributed by atoms with Gasteiger partial charge in [-0.2, -0.15) is 0 Å². The SMILES string of the molecule is CCOC(=O)C(CCc1ccccc1)N[C@@H](C)C(=O)N1CCCCOCCC1C(=O)O. The van der Waals surface area contributed by atoms with Gasteiger partial charge >= 0.3 is 11.9 Å². The Bertz CT molecular complexity index is 711. The number of hydrogen-bond acceptors (Lipinski definition) is 6. The quantitative estimate of drug-likeness (QED) is 0.573. The van der Waals surface area contributed by atoms with E-state index in [1.807, 2.05) is 30.3 Å². The molecule has 1 fully saturated rings. The summed E-state index contributed by atoms with van der Waals surface area (Å²) in [5, 5.41) is 12.7. The standard InChI is InChI=1S/C23H34N2O6/c1-3-31-23(29)19(12-11-18-9-5-4-6-10-18)24-17(2)21(26)25-14-7-8-15-30-16-13-20(25)22(27)28/h4-6,9-10,17,19-20,24H,3,7-8,11-16H2,1-2H3,(H,27,28)/t17-,19?,20?/m0/s1. The van der Waals surface area contributed by atoms with Crippen molar-refractivity contribution >= 4 is 17.8 Å². The lowest BCUT2D eigenvalue weighted by Gasteiger charge is -2.32. The van der Waals surface area contributed by atoms with E-state index < -0.39 is 30.1 Å². The second-order valence-electron chi connectivity index (χ2n) is 7.71. The third-order valence-corrected chi connectivity index (χ3v) is 5.37. The highest BCUT2D eigenvalue weighted by atomic mass is 16.5. The maximum absolute atomic E-state index is 13.2. The fraction of sp³-hybridized carbons (Fsp3) is 0.609. The van der Waals surface area contributed by atoms with Crippen molar-refractivity contribution in [2.45, 2.75) is 64.1 Å². The summed E-state index contributed by atoms with van der Waals surface area (Å²) >= 11 is 0. The lowest BCUT2D eigenvalue weighted by molar-refractivity contribution is -0.152. The second kappa shape index (κ2) is 13.1. The van der Waals surface area contributed by atoms with Crippen molar-refractivity contribution in [2.24, 2.45) is 0 Å². The third kappa shape index (κ3) is 7.95. The number of hydrogen-bond donors (Lipinski definition) is 2. The maximum Gasteiger partial charge on any atom is 0.326 e. The van der Waals surface area contributed by atoms with Crippen molar-refractivity contribution in [1.29, 1.82) is 0 Å². The molecule has 31 heavy (non-hydrogen) atoms. The smallest absolute Gasteiger partial charge is 0.326 e. The number of esters is 1. The summed E-state index contributed by atoms with van der Waals surface area (Å²) in [5.41, 5.74) is 1.09. The van der Waals surface area contributed by atoms with Crippen molar-refractivity contribution in [3.63, 3.8) is 0 Å². The summed E-state index contributed by atoms with van der Waals surface area (Å²) in [6, 6.07) is 7.44. The number of carboxylic acids is 1. The number of rotatable bonds is 9. The Morgan fingerprint density at radius 2 is 1.97 bits per heavy atom. The topological polar surface area (TPSA) is 105 Å². The van der Waals surface area contributed by atoms with Gasteiger partial charge in [-0.1, -0.05) is 30.3 Å². The van der Waals surface area contributed by atoms with Crippen molar-refractivity contribution in [1.82, 2.24) is 10.2 Å². The third-order valence-electron chi connectivity index (χ3n) is 5.37. The number of carboxylic acid groups (broad SMARTS) is 1. The molecule has 1 saturated heterocycles. The summed E-state index contributed by atoms with van der Waals surface area (Å²) in [7, 11) is 0. The van der Waals surface area contributed by atoms with Crippen molar-refractivity contribution in [3.05, 3.63) is 35.9 Å². The predicted octanol–water partition coefficient (Wildman–Crippen LogP) is 2.01. The first-order valence-electron chi connectivity index (χ1n) is 11.0. The van der Waals surface area contributed by atoms with Gasteiger partial charge in [0.2, 0.25) is 5.91 Å². The normalized spacial score (nSPS) is 19.4. The number of amides is 1. The summed E-state index contributed by atoms with van der Waals surface area (Å²) in [6.07, 6.45) is 2.79. The van der Waals surface area contributed by atoms with E-state index in [9.17, 15) is 19.5 Å². The van der Waals surface area contributed by atoms with E-state index in [4.69, 9.17) is 9.47 Å². The van der Waals surface area contributed by atoms with Crippen LogP contribution in [-0.2, 0) is 30.3 Å². The molecule has 1 heterocycles. The zero-order chi connectivity index (χ0) is 22.6. The molecule has 3 atom stereocenters. The van der Waals surface area contributed by atoms with Crippen LogP contribution in [0.15, 0.2) is 30.3 Å². The summed E-state index contributed by atoms with van der Waals surface area (Å²) in [6.45, 7) is 4.86. The molecule has 0 aliphatic carbocycles. The summed E-state index contributed by atoms with van der Waals surface area (Å²) in [5.74, 6) is -1.79. The predicted molar refractivity (Wildman–Crippen MR) is 116 cm³/mol. The first-order chi connectivity index (χ1) is 14.9. The molecule has 0 radical (unpaired) electrons. The van der Waals surface area contributed by atoms with Crippen LogP contribution in [0.25, 0.3) is 0 Å². The van der Waals surface area contributed by atoms with Crippen LogP contribution in [0.2, 0.25) is 0 Å². The fourth-order valence-electron chi connectivity index (χ4n) is 3.71. The van der Waals surface area contributed by atoms with Crippen LogP contribution in [0.4, 0.5) is 0 Å². The number of nitrogens with zero attached hydrogens (tertiary/aromatic N) is 1. The lowest BCUT2D eigenvalue weighted by Crippen LogP contribution is -2.55. The van der Waals surface area contributed by atoms with Gasteiger partial charge in [-0.15, -0.1) is 0 Å². The average molecular weight is 435 g/mol. The number of nitrogens with one attached hydrogen (secondary N) is 1. The van der Waals surface area contributed by atoms with Crippen LogP contribution in [0.1, 0.15) is 45.1 Å². The van der Waals surface area contributed by atoms with Gasteiger partial charge in [0.15, 0.2) is 0 Å². The maximum atomic E-state index is 13.2. The van der Waals surface area contributed by atoms with Crippen LogP contribution in [0, 0.1) is 0 Å². The minimum atomic E-state index is -1.04. The van der Waals surface area contributed by atoms with Crippen LogP contribution in [0.5, 0.6) is 0 Å². The van der Waals surface area contributed by atoms with Crippen molar-refractivity contribution in [2.75, 3.05) is 26.4 Å². The number of carbonyl (C=O) groups is 3. The van der Waals surface area contributed by atoms with Gasteiger partial charge in [0, 0.05) is 26.2 Å². The molecule has 0 saturated carbocycles. The molecule has 2 N–H and O–H groups in total. The highest BCUT2D eigenvalue weighted by molar-refractivity contribution is 5.87. The molecule has 1 aromatic carbocycles. The first-order valence-corrected chi connectivity index (χ1v) is 11.0. The molecule has 1 aliphatic heterocycles. The Kier molecular flexibility index (Phi) is 10.5. The van der Waals surface area contributed by atoms with Crippen molar-refractivity contribution < 1.29 is 29.0 Å². The zero-order valence-electron chi connectivity index (χ0n) is 18.4. The Balaban J connectivity index is 2.09. The van der Waals surface area contributed by atoms with Crippen LogP contribution in [-0.4, -0.2) is 72.3 Å². The summed E-state index contributed by atoms with van der Waals surface area (Å²) < 4.78 is 10.6. The molecule has 1 amide bonds. The summed E-state index contributed by atoms with van der Waals surface area (Å²) in [4.78, 5) is 38.9. The molecule has 0 spiro atoms. The van der Waals surface area contributed by atoms with E-state index in [1.165, 1.54) is 4.90 Å². The van der Waals surface area contributed by atoms with E-state index in [-0.39, 0.29) is 18.9 Å². The molecule has 2 rings (SSSR count). The van der Waals surface area contributed by atoms with Crippen LogP contribution in [0.3, 0.4) is 0 Å². The molecule has 8 nitrogen and oxygen atoms in total. The van der Waals surface area contributed by atoms with Gasteiger partial charge in [-0.3, -0.25) is 14.9 Å². The monoisotopic (exact) mass is 434 g/mol.